The Morgan fingerprint density at radius 2 is 1.87 bits per heavy atom. The zero-order valence-corrected chi connectivity index (χ0v) is 16.9. The van der Waals surface area contributed by atoms with Gasteiger partial charge in [0, 0.05) is 25.1 Å². The lowest BCUT2D eigenvalue weighted by molar-refractivity contribution is 0.0950. The first-order valence-corrected chi connectivity index (χ1v) is 9.75. The van der Waals surface area contributed by atoms with Crippen LogP contribution in [0.4, 0.5) is 10.2 Å². The number of carbonyl (C=O) groups is 1. The van der Waals surface area contributed by atoms with Gasteiger partial charge in [0.25, 0.3) is 5.91 Å². The maximum absolute atomic E-state index is 13.7. The molecular formula is C22H21FN6O2. The number of carbonyl (C=O) groups excluding carboxylic acids is 1. The molecule has 1 amide bonds. The Morgan fingerprint density at radius 1 is 1.06 bits per heavy atom. The molecule has 0 saturated heterocycles. The lowest BCUT2D eigenvalue weighted by Gasteiger charge is -2.10. The predicted octanol–water partition coefficient (Wildman–Crippen LogP) is 2.86. The molecule has 0 fully saturated rings. The SMILES string of the molecule is COc1ccccc1CNc1ccc2nnc(CCNC(=O)c3ccccc3F)n2n1. The fourth-order valence-electron chi connectivity index (χ4n) is 3.15. The van der Waals surface area contributed by atoms with Crippen LogP contribution in [0, 0.1) is 5.82 Å². The lowest BCUT2D eigenvalue weighted by atomic mass is 10.2. The molecule has 8 nitrogen and oxygen atoms in total. The van der Waals surface area contributed by atoms with Gasteiger partial charge in [-0.1, -0.05) is 30.3 Å². The molecule has 2 N–H and O–H groups in total. The van der Waals surface area contributed by atoms with Gasteiger partial charge in [-0.2, -0.15) is 4.52 Å². The number of ether oxygens (including phenoxy) is 1. The minimum absolute atomic E-state index is 0.00885. The maximum atomic E-state index is 13.7. The number of amides is 1. The minimum atomic E-state index is -0.555. The Morgan fingerprint density at radius 3 is 2.71 bits per heavy atom. The topological polar surface area (TPSA) is 93.4 Å². The first kappa shape index (κ1) is 20.3. The molecule has 0 aliphatic rings. The van der Waals surface area contributed by atoms with Crippen molar-refractivity contribution < 1.29 is 13.9 Å². The average Bonchev–Trinajstić information content (AvgIpc) is 3.20. The molecule has 2 aromatic carbocycles. The summed E-state index contributed by atoms with van der Waals surface area (Å²) in [5.41, 5.74) is 1.61. The number of nitrogens with one attached hydrogen (secondary N) is 2. The third kappa shape index (κ3) is 4.61. The number of aromatic nitrogens is 4. The van der Waals surface area contributed by atoms with Crippen molar-refractivity contribution in [2.24, 2.45) is 0 Å². The number of anilines is 1. The van der Waals surface area contributed by atoms with Crippen molar-refractivity contribution in [3.63, 3.8) is 0 Å². The molecular weight excluding hydrogens is 399 g/mol. The second kappa shape index (κ2) is 9.21. The molecule has 0 bridgehead atoms. The van der Waals surface area contributed by atoms with Crippen LogP contribution in [-0.2, 0) is 13.0 Å². The number of methoxy groups -OCH3 is 1. The number of halogens is 1. The lowest BCUT2D eigenvalue weighted by Crippen LogP contribution is -2.27. The van der Waals surface area contributed by atoms with Crippen LogP contribution >= 0.6 is 0 Å². The van der Waals surface area contributed by atoms with Gasteiger partial charge < -0.3 is 15.4 Å². The molecule has 4 aromatic rings. The fraction of sp³-hybridized carbons (Fsp3) is 0.182. The number of para-hydroxylation sites is 1. The standard InChI is InChI=1S/C22H21FN6O2/c1-31-18-9-5-2-6-15(18)14-25-19-10-11-20-26-27-21(29(20)28-19)12-13-24-22(30)16-7-3-4-8-17(16)23/h2-11H,12-14H2,1H3,(H,24,30)(H,25,28). The van der Waals surface area contributed by atoms with Gasteiger partial charge in [-0.25, -0.2) is 4.39 Å². The molecule has 4 rings (SSSR count). The van der Waals surface area contributed by atoms with Crippen molar-refractivity contribution in [2.45, 2.75) is 13.0 Å². The fourth-order valence-corrected chi connectivity index (χ4v) is 3.15. The van der Waals surface area contributed by atoms with E-state index >= 15 is 0 Å². The van der Waals surface area contributed by atoms with E-state index in [9.17, 15) is 9.18 Å². The van der Waals surface area contributed by atoms with Crippen LogP contribution < -0.4 is 15.4 Å². The predicted molar refractivity (Wildman–Crippen MR) is 114 cm³/mol. The van der Waals surface area contributed by atoms with Gasteiger partial charge in [-0.05, 0) is 30.3 Å². The van der Waals surface area contributed by atoms with E-state index in [1.165, 1.54) is 12.1 Å². The second-order valence-electron chi connectivity index (χ2n) is 6.76. The Balaban J connectivity index is 1.41. The van der Waals surface area contributed by atoms with Crippen LogP contribution in [0.1, 0.15) is 21.7 Å². The van der Waals surface area contributed by atoms with Gasteiger partial charge in [0.05, 0.1) is 12.7 Å². The largest absolute Gasteiger partial charge is 0.496 e. The minimum Gasteiger partial charge on any atom is -0.496 e. The van der Waals surface area contributed by atoms with E-state index in [0.717, 1.165) is 11.3 Å². The number of rotatable bonds is 8. The molecule has 0 radical (unpaired) electrons. The molecule has 0 aliphatic heterocycles. The van der Waals surface area contributed by atoms with Crippen molar-refractivity contribution >= 4 is 17.4 Å². The normalized spacial score (nSPS) is 10.8. The highest BCUT2D eigenvalue weighted by Crippen LogP contribution is 2.18. The van der Waals surface area contributed by atoms with Crippen LogP contribution in [0.3, 0.4) is 0 Å². The summed E-state index contributed by atoms with van der Waals surface area (Å²) in [6.45, 7) is 0.813. The molecule has 0 aliphatic carbocycles. The first-order chi connectivity index (χ1) is 15.2. The van der Waals surface area contributed by atoms with E-state index in [-0.39, 0.29) is 12.1 Å². The summed E-state index contributed by atoms with van der Waals surface area (Å²) in [4.78, 5) is 12.2. The zero-order valence-electron chi connectivity index (χ0n) is 16.9. The molecule has 0 unspecified atom stereocenters. The molecule has 31 heavy (non-hydrogen) atoms. The number of hydrogen-bond donors (Lipinski definition) is 2. The van der Waals surface area contributed by atoms with E-state index in [1.807, 2.05) is 36.4 Å². The molecule has 0 saturated carbocycles. The summed E-state index contributed by atoms with van der Waals surface area (Å²) < 4.78 is 20.7. The molecule has 2 heterocycles. The van der Waals surface area contributed by atoms with E-state index in [0.29, 0.717) is 30.3 Å². The van der Waals surface area contributed by atoms with Crippen LogP contribution in [0.5, 0.6) is 5.75 Å². The Labute approximate surface area is 178 Å². The third-order valence-corrected chi connectivity index (χ3v) is 4.73. The third-order valence-electron chi connectivity index (χ3n) is 4.73. The first-order valence-electron chi connectivity index (χ1n) is 9.75. The van der Waals surface area contributed by atoms with Crippen LogP contribution in [0.2, 0.25) is 0 Å². The van der Waals surface area contributed by atoms with Crippen LogP contribution in [0.25, 0.3) is 5.65 Å². The van der Waals surface area contributed by atoms with Crippen molar-refractivity contribution in [1.82, 2.24) is 25.1 Å². The molecule has 0 spiro atoms. The van der Waals surface area contributed by atoms with Gasteiger partial charge in [0.1, 0.15) is 17.4 Å². The summed E-state index contributed by atoms with van der Waals surface area (Å²) in [7, 11) is 1.64. The van der Waals surface area contributed by atoms with E-state index in [4.69, 9.17) is 4.74 Å². The quantitative estimate of drug-likeness (QED) is 0.455. The summed E-state index contributed by atoms with van der Waals surface area (Å²) in [5, 5.41) is 18.8. The smallest absolute Gasteiger partial charge is 0.254 e. The van der Waals surface area contributed by atoms with Crippen molar-refractivity contribution in [2.75, 3.05) is 19.0 Å². The molecule has 2 aromatic heterocycles. The Hall–Kier alpha value is -4.01. The van der Waals surface area contributed by atoms with E-state index in [1.54, 1.807) is 23.8 Å². The van der Waals surface area contributed by atoms with E-state index < -0.39 is 11.7 Å². The monoisotopic (exact) mass is 420 g/mol. The highest BCUT2D eigenvalue weighted by molar-refractivity contribution is 5.94. The van der Waals surface area contributed by atoms with Crippen LogP contribution in [-0.4, -0.2) is 39.4 Å². The Bertz CT molecular complexity index is 1210. The number of fused-ring (bicyclic) bond motifs is 1. The number of nitrogens with zero attached hydrogens (tertiary/aromatic N) is 4. The van der Waals surface area contributed by atoms with Crippen molar-refractivity contribution in [1.29, 1.82) is 0 Å². The summed E-state index contributed by atoms with van der Waals surface area (Å²) >= 11 is 0. The van der Waals surface area contributed by atoms with Gasteiger partial charge in [0.15, 0.2) is 11.5 Å². The van der Waals surface area contributed by atoms with Gasteiger partial charge in [0.2, 0.25) is 0 Å². The van der Waals surface area contributed by atoms with Gasteiger partial charge in [-0.15, -0.1) is 15.3 Å². The highest BCUT2D eigenvalue weighted by atomic mass is 19.1. The number of benzene rings is 2. The van der Waals surface area contributed by atoms with Crippen molar-refractivity contribution in [3.05, 3.63) is 83.4 Å². The zero-order chi connectivity index (χ0) is 21.6. The molecule has 9 heteroatoms. The summed E-state index contributed by atoms with van der Waals surface area (Å²) in [5.74, 6) is 1.01. The van der Waals surface area contributed by atoms with E-state index in [2.05, 4.69) is 25.9 Å². The molecule has 158 valence electrons. The summed E-state index contributed by atoms with van der Waals surface area (Å²) in [6.07, 6.45) is 0.393. The van der Waals surface area contributed by atoms with Gasteiger partial charge in [-0.3, -0.25) is 4.79 Å². The maximum Gasteiger partial charge on any atom is 0.254 e. The van der Waals surface area contributed by atoms with Gasteiger partial charge >= 0.3 is 0 Å². The average molecular weight is 420 g/mol. The molecule has 0 atom stereocenters. The summed E-state index contributed by atoms with van der Waals surface area (Å²) in [6, 6.07) is 17.2. The van der Waals surface area contributed by atoms with Crippen LogP contribution in [0.15, 0.2) is 60.7 Å². The highest BCUT2D eigenvalue weighted by Gasteiger charge is 2.12. The van der Waals surface area contributed by atoms with Crippen molar-refractivity contribution in [3.8, 4) is 5.75 Å². The Kier molecular flexibility index (Phi) is 6.02. The number of hydrogen-bond acceptors (Lipinski definition) is 6. The second-order valence-corrected chi connectivity index (χ2v) is 6.76.